The first-order chi connectivity index (χ1) is 8.79. The summed E-state index contributed by atoms with van der Waals surface area (Å²) in [4.78, 5) is 12.0. The quantitative estimate of drug-likeness (QED) is 0.855. The first-order valence-electron chi connectivity index (χ1n) is 6.63. The maximum atomic E-state index is 12.0. The van der Waals surface area contributed by atoms with Gasteiger partial charge in [0, 0.05) is 13.0 Å². The third-order valence-corrected chi connectivity index (χ3v) is 4.01. The summed E-state index contributed by atoms with van der Waals surface area (Å²) in [6.07, 6.45) is 5.25. The summed E-state index contributed by atoms with van der Waals surface area (Å²) >= 11 is 1.49. The lowest BCUT2D eigenvalue weighted by molar-refractivity contribution is -0.120. The minimum absolute atomic E-state index is 0.0698. The van der Waals surface area contributed by atoms with Crippen LogP contribution in [0.25, 0.3) is 0 Å². The largest absolute Gasteiger partial charge is 0.316 e. The van der Waals surface area contributed by atoms with Crippen molar-refractivity contribution in [1.29, 1.82) is 0 Å². The number of hydrogen-bond donors (Lipinski definition) is 2. The Hall–Kier alpha value is -1.01. The molecule has 1 fully saturated rings. The van der Waals surface area contributed by atoms with Gasteiger partial charge in [-0.3, -0.25) is 4.79 Å². The molecule has 2 N–H and O–H groups in total. The summed E-state index contributed by atoms with van der Waals surface area (Å²) in [5.41, 5.74) is 0. The maximum Gasteiger partial charge on any atom is 0.230 e. The van der Waals surface area contributed by atoms with E-state index in [0.29, 0.717) is 5.13 Å². The maximum absolute atomic E-state index is 12.0. The zero-order chi connectivity index (χ0) is 12.8. The van der Waals surface area contributed by atoms with Crippen molar-refractivity contribution < 1.29 is 4.79 Å². The monoisotopic (exact) mass is 268 g/mol. The lowest BCUT2D eigenvalue weighted by Crippen LogP contribution is -2.37. The minimum atomic E-state index is 0.0698. The smallest absolute Gasteiger partial charge is 0.230 e. The highest BCUT2D eigenvalue weighted by Crippen LogP contribution is 2.19. The molecule has 0 bridgehead atoms. The summed E-state index contributed by atoms with van der Waals surface area (Å²) in [5, 5.41) is 15.9. The summed E-state index contributed by atoms with van der Waals surface area (Å²) in [6, 6.07) is 0. The van der Waals surface area contributed by atoms with Gasteiger partial charge < -0.3 is 10.6 Å². The van der Waals surface area contributed by atoms with Gasteiger partial charge in [0.15, 0.2) is 0 Å². The van der Waals surface area contributed by atoms with E-state index in [1.807, 2.05) is 0 Å². The predicted octanol–water partition coefficient (Wildman–Crippen LogP) is 1.82. The SMILES string of the molecule is CCCCc1nnc(NC(=O)C2CCCNC2)s1. The minimum Gasteiger partial charge on any atom is -0.316 e. The molecule has 0 aromatic carbocycles. The van der Waals surface area contributed by atoms with Gasteiger partial charge >= 0.3 is 0 Å². The number of carbonyl (C=O) groups excluding carboxylic acids is 1. The molecule has 100 valence electrons. The van der Waals surface area contributed by atoms with Gasteiger partial charge in [-0.1, -0.05) is 24.7 Å². The zero-order valence-electron chi connectivity index (χ0n) is 10.7. The molecule has 18 heavy (non-hydrogen) atoms. The Morgan fingerprint density at radius 3 is 3.17 bits per heavy atom. The first-order valence-corrected chi connectivity index (χ1v) is 7.45. The molecule has 0 saturated carbocycles. The predicted molar refractivity (Wildman–Crippen MR) is 72.7 cm³/mol. The van der Waals surface area contributed by atoms with E-state index in [4.69, 9.17) is 0 Å². The van der Waals surface area contributed by atoms with Gasteiger partial charge in [0.25, 0.3) is 0 Å². The van der Waals surface area contributed by atoms with E-state index in [1.165, 1.54) is 11.3 Å². The Bertz CT molecular complexity index is 387. The lowest BCUT2D eigenvalue weighted by Gasteiger charge is -2.20. The first kappa shape index (κ1) is 13.4. The van der Waals surface area contributed by atoms with Crippen molar-refractivity contribution in [2.45, 2.75) is 39.0 Å². The van der Waals surface area contributed by atoms with Gasteiger partial charge in [-0.15, -0.1) is 10.2 Å². The zero-order valence-corrected chi connectivity index (χ0v) is 11.6. The van der Waals surface area contributed by atoms with Crippen molar-refractivity contribution in [2.24, 2.45) is 5.92 Å². The molecule has 2 rings (SSSR count). The van der Waals surface area contributed by atoms with Crippen LogP contribution in [0.5, 0.6) is 0 Å². The second-order valence-corrected chi connectivity index (χ2v) is 5.70. The van der Waals surface area contributed by atoms with E-state index in [2.05, 4.69) is 27.8 Å². The summed E-state index contributed by atoms with van der Waals surface area (Å²) in [5.74, 6) is 0.141. The van der Waals surface area contributed by atoms with Crippen LogP contribution in [0.2, 0.25) is 0 Å². The highest BCUT2D eigenvalue weighted by atomic mass is 32.1. The molecule has 2 heterocycles. The molecule has 0 aliphatic carbocycles. The average Bonchev–Trinajstić information content (AvgIpc) is 2.85. The van der Waals surface area contributed by atoms with Gasteiger partial charge in [-0.25, -0.2) is 0 Å². The molecular formula is C12H20N4OS. The number of unbranched alkanes of at least 4 members (excludes halogenated alkanes) is 1. The Morgan fingerprint density at radius 2 is 2.44 bits per heavy atom. The number of anilines is 1. The number of rotatable bonds is 5. The fourth-order valence-corrected chi connectivity index (χ4v) is 2.80. The molecule has 6 heteroatoms. The van der Waals surface area contributed by atoms with Gasteiger partial charge in [-0.05, 0) is 25.8 Å². The van der Waals surface area contributed by atoms with Crippen molar-refractivity contribution in [1.82, 2.24) is 15.5 Å². The van der Waals surface area contributed by atoms with Crippen molar-refractivity contribution in [3.05, 3.63) is 5.01 Å². The van der Waals surface area contributed by atoms with E-state index < -0.39 is 0 Å². The third kappa shape index (κ3) is 3.74. The van der Waals surface area contributed by atoms with Crippen LogP contribution in [0.15, 0.2) is 0 Å². The van der Waals surface area contributed by atoms with Gasteiger partial charge in [-0.2, -0.15) is 0 Å². The van der Waals surface area contributed by atoms with Crippen LogP contribution in [-0.2, 0) is 11.2 Å². The highest BCUT2D eigenvalue weighted by molar-refractivity contribution is 7.15. The molecule has 1 amide bonds. The standard InChI is InChI=1S/C12H20N4OS/c1-2-3-6-10-15-16-12(18-10)14-11(17)9-5-4-7-13-8-9/h9,13H,2-8H2,1H3,(H,14,16,17). The van der Waals surface area contributed by atoms with Crippen LogP contribution in [0.1, 0.15) is 37.6 Å². The van der Waals surface area contributed by atoms with Gasteiger partial charge in [0.1, 0.15) is 5.01 Å². The van der Waals surface area contributed by atoms with Gasteiger partial charge in [0.2, 0.25) is 11.0 Å². The number of aromatic nitrogens is 2. The van der Waals surface area contributed by atoms with Crippen LogP contribution >= 0.6 is 11.3 Å². The number of carbonyl (C=O) groups is 1. The molecular weight excluding hydrogens is 248 g/mol. The van der Waals surface area contributed by atoms with E-state index in [1.54, 1.807) is 0 Å². The highest BCUT2D eigenvalue weighted by Gasteiger charge is 2.21. The molecule has 1 atom stereocenters. The summed E-state index contributed by atoms with van der Waals surface area (Å²) in [7, 11) is 0. The van der Waals surface area contributed by atoms with Crippen molar-refractivity contribution in [2.75, 3.05) is 18.4 Å². The van der Waals surface area contributed by atoms with E-state index in [0.717, 1.165) is 50.2 Å². The van der Waals surface area contributed by atoms with Crippen LogP contribution in [0.3, 0.4) is 0 Å². The molecule has 1 aliphatic heterocycles. The van der Waals surface area contributed by atoms with E-state index >= 15 is 0 Å². The van der Waals surface area contributed by atoms with Crippen LogP contribution in [-0.4, -0.2) is 29.2 Å². The summed E-state index contributed by atoms with van der Waals surface area (Å²) < 4.78 is 0. The number of nitrogens with zero attached hydrogens (tertiary/aromatic N) is 2. The number of amides is 1. The number of nitrogens with one attached hydrogen (secondary N) is 2. The second-order valence-electron chi connectivity index (χ2n) is 4.64. The molecule has 1 saturated heterocycles. The van der Waals surface area contributed by atoms with Crippen molar-refractivity contribution >= 4 is 22.4 Å². The molecule has 1 unspecified atom stereocenters. The number of piperidine rings is 1. The van der Waals surface area contributed by atoms with Crippen LogP contribution in [0.4, 0.5) is 5.13 Å². The molecule has 0 radical (unpaired) electrons. The third-order valence-electron chi connectivity index (χ3n) is 3.11. The van der Waals surface area contributed by atoms with Gasteiger partial charge in [0.05, 0.1) is 5.92 Å². The number of hydrogen-bond acceptors (Lipinski definition) is 5. The molecule has 5 nitrogen and oxygen atoms in total. The van der Waals surface area contributed by atoms with Crippen LogP contribution in [0, 0.1) is 5.92 Å². The Kier molecular flexibility index (Phi) is 5.07. The lowest BCUT2D eigenvalue weighted by atomic mass is 9.99. The Labute approximate surface area is 111 Å². The van der Waals surface area contributed by atoms with E-state index in [9.17, 15) is 4.79 Å². The second kappa shape index (κ2) is 6.80. The average molecular weight is 268 g/mol. The molecule has 1 aliphatic rings. The normalized spacial score (nSPS) is 19.7. The van der Waals surface area contributed by atoms with Crippen molar-refractivity contribution in [3.8, 4) is 0 Å². The van der Waals surface area contributed by atoms with Crippen molar-refractivity contribution in [3.63, 3.8) is 0 Å². The molecule has 1 aromatic heterocycles. The Balaban J connectivity index is 1.84. The fraction of sp³-hybridized carbons (Fsp3) is 0.750. The Morgan fingerprint density at radius 1 is 1.56 bits per heavy atom. The number of aryl methyl sites for hydroxylation is 1. The molecule has 0 spiro atoms. The molecule has 1 aromatic rings. The fourth-order valence-electron chi connectivity index (χ4n) is 2.02. The summed E-state index contributed by atoms with van der Waals surface area (Å²) in [6.45, 7) is 3.94. The topological polar surface area (TPSA) is 66.9 Å². The van der Waals surface area contributed by atoms with Crippen LogP contribution < -0.4 is 10.6 Å². The van der Waals surface area contributed by atoms with E-state index in [-0.39, 0.29) is 11.8 Å².